The molecule has 3 nitrogen and oxygen atoms in total. The number of hydrogen-bond donors (Lipinski definition) is 0. The maximum atomic E-state index is 11.8. The molecule has 1 aliphatic carbocycles. The molecular formula is C24H29NO2. The first-order valence-corrected chi connectivity index (χ1v) is 9.64. The maximum Gasteiger partial charge on any atom is 0.337 e. The lowest BCUT2D eigenvalue weighted by Gasteiger charge is -2.35. The highest BCUT2D eigenvalue weighted by molar-refractivity contribution is 5.90. The van der Waals surface area contributed by atoms with Crippen LogP contribution in [0.1, 0.15) is 46.7 Å². The lowest BCUT2D eigenvalue weighted by Crippen LogP contribution is -2.29. The van der Waals surface area contributed by atoms with Crippen molar-refractivity contribution in [2.24, 2.45) is 5.92 Å². The minimum absolute atomic E-state index is 0.285. The van der Waals surface area contributed by atoms with Crippen molar-refractivity contribution >= 4 is 12.0 Å². The molecule has 27 heavy (non-hydrogen) atoms. The topological polar surface area (TPSA) is 29.5 Å². The Morgan fingerprint density at radius 1 is 1.15 bits per heavy atom. The van der Waals surface area contributed by atoms with Crippen LogP contribution in [0.4, 0.5) is 0 Å². The summed E-state index contributed by atoms with van der Waals surface area (Å²) in [6.45, 7) is 1.12. The Morgan fingerprint density at radius 3 is 2.63 bits per heavy atom. The fraction of sp³-hybridized carbons (Fsp3) is 0.375. The van der Waals surface area contributed by atoms with Gasteiger partial charge < -0.3 is 9.64 Å². The molecule has 2 atom stereocenters. The van der Waals surface area contributed by atoms with Crippen molar-refractivity contribution in [1.29, 1.82) is 0 Å². The summed E-state index contributed by atoms with van der Waals surface area (Å²) >= 11 is 0. The van der Waals surface area contributed by atoms with Crippen molar-refractivity contribution in [3.8, 4) is 0 Å². The van der Waals surface area contributed by atoms with Gasteiger partial charge in [-0.2, -0.15) is 0 Å². The molecule has 142 valence electrons. The molecule has 0 spiro atoms. The molecule has 0 bridgehead atoms. The van der Waals surface area contributed by atoms with Crippen molar-refractivity contribution in [3.63, 3.8) is 0 Å². The predicted molar refractivity (Wildman–Crippen MR) is 111 cm³/mol. The van der Waals surface area contributed by atoms with Gasteiger partial charge in [-0.25, -0.2) is 4.79 Å². The Bertz CT molecular complexity index is 795. The van der Waals surface area contributed by atoms with Crippen molar-refractivity contribution in [2.75, 3.05) is 27.7 Å². The molecule has 1 saturated carbocycles. The van der Waals surface area contributed by atoms with Gasteiger partial charge in [0, 0.05) is 6.54 Å². The summed E-state index contributed by atoms with van der Waals surface area (Å²) < 4.78 is 4.84. The van der Waals surface area contributed by atoms with Crippen LogP contribution in [-0.2, 0) is 4.74 Å². The van der Waals surface area contributed by atoms with Crippen LogP contribution in [0.5, 0.6) is 0 Å². The van der Waals surface area contributed by atoms with Crippen LogP contribution in [0.3, 0.4) is 0 Å². The van der Waals surface area contributed by atoms with E-state index in [1.165, 1.54) is 24.7 Å². The van der Waals surface area contributed by atoms with Crippen LogP contribution in [-0.4, -0.2) is 38.6 Å². The highest BCUT2D eigenvalue weighted by atomic mass is 16.5. The zero-order chi connectivity index (χ0) is 19.2. The molecule has 0 unspecified atom stereocenters. The first-order chi connectivity index (χ1) is 13.1. The van der Waals surface area contributed by atoms with Crippen LogP contribution in [0.2, 0.25) is 0 Å². The summed E-state index contributed by atoms with van der Waals surface area (Å²) in [5.74, 6) is 0.922. The molecule has 1 aliphatic rings. The zero-order valence-electron chi connectivity index (χ0n) is 16.5. The van der Waals surface area contributed by atoms with Gasteiger partial charge in [-0.15, -0.1) is 0 Å². The third-order valence-corrected chi connectivity index (χ3v) is 5.39. The van der Waals surface area contributed by atoms with E-state index in [2.05, 4.69) is 61.5 Å². The molecular weight excluding hydrogens is 334 g/mol. The van der Waals surface area contributed by atoms with Crippen molar-refractivity contribution in [1.82, 2.24) is 4.90 Å². The SMILES string of the molecule is COC(=O)c1cccc(/C=C2/CC[C@@H](CN(C)C)[C@H](c3ccccc3)C2)c1. The minimum Gasteiger partial charge on any atom is -0.465 e. The number of benzene rings is 2. The zero-order valence-corrected chi connectivity index (χ0v) is 16.5. The van der Waals surface area contributed by atoms with E-state index < -0.39 is 0 Å². The second kappa shape index (κ2) is 9.01. The van der Waals surface area contributed by atoms with Crippen molar-refractivity contribution in [2.45, 2.75) is 25.2 Å². The van der Waals surface area contributed by atoms with Crippen LogP contribution >= 0.6 is 0 Å². The number of carbonyl (C=O) groups excluding carboxylic acids is 1. The molecule has 0 aliphatic heterocycles. The van der Waals surface area contributed by atoms with Gasteiger partial charge in [0.05, 0.1) is 12.7 Å². The summed E-state index contributed by atoms with van der Waals surface area (Å²) in [7, 11) is 5.74. The summed E-state index contributed by atoms with van der Waals surface area (Å²) in [5, 5.41) is 0. The lowest BCUT2D eigenvalue weighted by molar-refractivity contribution is 0.0600. The standard InChI is InChI=1S/C24H29NO2/c1-25(2)17-22-13-12-19(16-23(22)20-9-5-4-6-10-20)14-18-8-7-11-21(15-18)24(26)27-3/h4-11,14-15,22-23H,12-13,16-17H2,1-3H3/b19-14-/t22-,23-/m0/s1. The molecule has 0 amide bonds. The summed E-state index contributed by atoms with van der Waals surface area (Å²) in [6, 6.07) is 18.6. The monoisotopic (exact) mass is 363 g/mol. The van der Waals surface area contributed by atoms with Crippen LogP contribution in [0.25, 0.3) is 6.08 Å². The predicted octanol–water partition coefficient (Wildman–Crippen LogP) is 5.00. The van der Waals surface area contributed by atoms with Gasteiger partial charge in [-0.1, -0.05) is 54.1 Å². The number of rotatable bonds is 5. The molecule has 3 rings (SSSR count). The maximum absolute atomic E-state index is 11.8. The molecule has 2 aromatic rings. The molecule has 0 aromatic heterocycles. The molecule has 0 N–H and O–H groups in total. The fourth-order valence-electron chi connectivity index (χ4n) is 4.14. The molecule has 1 fully saturated rings. The van der Waals surface area contributed by atoms with Gasteiger partial charge >= 0.3 is 5.97 Å². The van der Waals surface area contributed by atoms with E-state index in [9.17, 15) is 4.79 Å². The van der Waals surface area contributed by atoms with Gasteiger partial charge in [-0.3, -0.25) is 0 Å². The summed E-state index contributed by atoms with van der Waals surface area (Å²) in [4.78, 5) is 14.1. The summed E-state index contributed by atoms with van der Waals surface area (Å²) in [6.07, 6.45) is 5.64. The van der Waals surface area contributed by atoms with Crippen LogP contribution in [0, 0.1) is 5.92 Å². The molecule has 2 aromatic carbocycles. The van der Waals surface area contributed by atoms with Gasteiger partial charge in [0.2, 0.25) is 0 Å². The Morgan fingerprint density at radius 2 is 1.93 bits per heavy atom. The molecule has 0 heterocycles. The van der Waals surface area contributed by atoms with E-state index in [0.717, 1.165) is 24.9 Å². The average molecular weight is 364 g/mol. The van der Waals surface area contributed by atoms with E-state index in [0.29, 0.717) is 17.4 Å². The second-order valence-electron chi connectivity index (χ2n) is 7.70. The quantitative estimate of drug-likeness (QED) is 0.700. The van der Waals surface area contributed by atoms with E-state index in [1.807, 2.05) is 12.1 Å². The number of hydrogen-bond acceptors (Lipinski definition) is 3. The van der Waals surface area contributed by atoms with Gasteiger partial charge in [0.1, 0.15) is 0 Å². The second-order valence-corrected chi connectivity index (χ2v) is 7.70. The average Bonchev–Trinajstić information content (AvgIpc) is 2.69. The van der Waals surface area contributed by atoms with Crippen molar-refractivity contribution < 1.29 is 9.53 Å². The smallest absolute Gasteiger partial charge is 0.337 e. The van der Waals surface area contributed by atoms with E-state index in [-0.39, 0.29) is 5.97 Å². The lowest BCUT2D eigenvalue weighted by atomic mass is 9.73. The molecule has 0 radical (unpaired) electrons. The number of nitrogens with zero attached hydrogens (tertiary/aromatic N) is 1. The number of ether oxygens (including phenoxy) is 1. The fourth-order valence-corrected chi connectivity index (χ4v) is 4.14. The Labute approximate surface area is 162 Å². The van der Waals surface area contributed by atoms with Crippen molar-refractivity contribution in [3.05, 3.63) is 76.9 Å². The largest absolute Gasteiger partial charge is 0.465 e. The Hall–Kier alpha value is -2.39. The summed E-state index contributed by atoms with van der Waals surface area (Å²) in [5.41, 5.74) is 4.57. The van der Waals surface area contributed by atoms with Gasteiger partial charge in [-0.05, 0) is 68.5 Å². The Balaban J connectivity index is 1.84. The number of methoxy groups -OCH3 is 1. The van der Waals surface area contributed by atoms with Gasteiger partial charge in [0.25, 0.3) is 0 Å². The number of carbonyl (C=O) groups is 1. The van der Waals surface area contributed by atoms with Crippen LogP contribution in [0.15, 0.2) is 60.2 Å². The van der Waals surface area contributed by atoms with E-state index in [1.54, 1.807) is 6.07 Å². The minimum atomic E-state index is -0.285. The first-order valence-electron chi connectivity index (χ1n) is 9.64. The third-order valence-electron chi connectivity index (χ3n) is 5.39. The highest BCUT2D eigenvalue weighted by Crippen LogP contribution is 2.41. The number of allylic oxidation sites excluding steroid dienone is 1. The molecule has 3 heteroatoms. The van der Waals surface area contributed by atoms with E-state index in [4.69, 9.17) is 4.74 Å². The Kier molecular flexibility index (Phi) is 6.46. The first kappa shape index (κ1) is 19.4. The molecule has 0 saturated heterocycles. The highest BCUT2D eigenvalue weighted by Gasteiger charge is 2.29. The van der Waals surface area contributed by atoms with Crippen LogP contribution < -0.4 is 0 Å². The van der Waals surface area contributed by atoms with Gasteiger partial charge in [0.15, 0.2) is 0 Å². The number of esters is 1. The third kappa shape index (κ3) is 5.08. The van der Waals surface area contributed by atoms with E-state index >= 15 is 0 Å². The normalized spacial score (nSPS) is 21.4.